The monoisotopic (exact) mass is 264 g/mol. The van der Waals surface area contributed by atoms with Crippen LogP contribution in [0.1, 0.15) is 0 Å². The standard InChI is InChI=1S/C13H12S3/c1-3-7-12(8-4-1)14-11-15-16-13-9-5-2-6-10-13/h1-10H,11H2. The van der Waals surface area contributed by atoms with Crippen LogP contribution in [0.15, 0.2) is 70.5 Å². The van der Waals surface area contributed by atoms with Crippen LogP contribution in [-0.2, 0) is 0 Å². The first-order valence-corrected chi connectivity index (χ1v) is 8.28. The molecule has 0 aliphatic carbocycles. The van der Waals surface area contributed by atoms with Crippen molar-refractivity contribution in [2.75, 3.05) is 5.08 Å². The summed E-state index contributed by atoms with van der Waals surface area (Å²) in [4.78, 5) is 2.66. The van der Waals surface area contributed by atoms with Crippen LogP contribution >= 0.6 is 33.3 Å². The Balaban J connectivity index is 1.70. The van der Waals surface area contributed by atoms with E-state index in [0.29, 0.717) is 0 Å². The summed E-state index contributed by atoms with van der Waals surface area (Å²) < 4.78 is 0. The summed E-state index contributed by atoms with van der Waals surface area (Å²) in [5.74, 6) is 0. The van der Waals surface area contributed by atoms with Gasteiger partial charge in [0.2, 0.25) is 0 Å². The fourth-order valence-electron chi connectivity index (χ4n) is 1.18. The molecule has 0 amide bonds. The van der Waals surface area contributed by atoms with Crippen molar-refractivity contribution in [1.82, 2.24) is 0 Å². The van der Waals surface area contributed by atoms with Crippen LogP contribution < -0.4 is 0 Å². The summed E-state index contributed by atoms with van der Waals surface area (Å²) in [5.41, 5.74) is 0. The zero-order chi connectivity index (χ0) is 11.1. The first-order chi connectivity index (χ1) is 7.95. The van der Waals surface area contributed by atoms with E-state index in [1.165, 1.54) is 9.79 Å². The van der Waals surface area contributed by atoms with Crippen LogP contribution in [0.25, 0.3) is 0 Å². The molecule has 2 aromatic rings. The summed E-state index contributed by atoms with van der Waals surface area (Å²) in [6, 6.07) is 21.0. The Morgan fingerprint density at radius 2 is 1.25 bits per heavy atom. The van der Waals surface area contributed by atoms with Crippen molar-refractivity contribution in [1.29, 1.82) is 0 Å². The van der Waals surface area contributed by atoms with Crippen molar-refractivity contribution in [3.05, 3.63) is 60.7 Å². The maximum Gasteiger partial charge on any atom is 0.0546 e. The minimum atomic E-state index is 1.07. The Morgan fingerprint density at radius 3 is 1.88 bits per heavy atom. The summed E-state index contributed by atoms with van der Waals surface area (Å²) in [5, 5.41) is 1.07. The summed E-state index contributed by atoms with van der Waals surface area (Å²) in [6.07, 6.45) is 0. The quantitative estimate of drug-likeness (QED) is 0.316. The lowest BCUT2D eigenvalue weighted by molar-refractivity contribution is 1.47. The fraction of sp³-hybridized carbons (Fsp3) is 0.0769. The van der Waals surface area contributed by atoms with Crippen LogP contribution in [0.3, 0.4) is 0 Å². The average Bonchev–Trinajstić information content (AvgIpc) is 2.37. The van der Waals surface area contributed by atoms with Crippen LogP contribution in [0.5, 0.6) is 0 Å². The molecule has 0 aliphatic heterocycles. The van der Waals surface area contributed by atoms with Gasteiger partial charge in [-0.2, -0.15) is 0 Å². The molecule has 0 fully saturated rings. The van der Waals surface area contributed by atoms with Crippen molar-refractivity contribution in [2.45, 2.75) is 9.79 Å². The molecule has 0 saturated heterocycles. The Bertz CT molecular complexity index is 359. The average molecular weight is 264 g/mol. The van der Waals surface area contributed by atoms with Crippen molar-refractivity contribution in [2.24, 2.45) is 0 Å². The maximum atomic E-state index is 2.15. The van der Waals surface area contributed by atoms with E-state index in [1.54, 1.807) is 0 Å². The second-order valence-electron chi connectivity index (χ2n) is 3.09. The number of benzene rings is 2. The molecule has 0 bridgehead atoms. The van der Waals surface area contributed by atoms with Crippen molar-refractivity contribution in [3.63, 3.8) is 0 Å². The molecule has 0 atom stereocenters. The van der Waals surface area contributed by atoms with Crippen LogP contribution in [0.2, 0.25) is 0 Å². The van der Waals surface area contributed by atoms with Crippen molar-refractivity contribution < 1.29 is 0 Å². The molecule has 0 aliphatic rings. The Morgan fingerprint density at radius 1 is 0.688 bits per heavy atom. The van der Waals surface area contributed by atoms with E-state index in [2.05, 4.69) is 54.6 Å². The lowest BCUT2D eigenvalue weighted by Crippen LogP contribution is -1.71. The lowest BCUT2D eigenvalue weighted by Gasteiger charge is -2.01. The van der Waals surface area contributed by atoms with E-state index in [-0.39, 0.29) is 0 Å². The van der Waals surface area contributed by atoms with Gasteiger partial charge in [0.25, 0.3) is 0 Å². The highest BCUT2D eigenvalue weighted by atomic mass is 33.1. The molecule has 82 valence electrons. The van der Waals surface area contributed by atoms with Crippen LogP contribution in [-0.4, -0.2) is 5.08 Å². The lowest BCUT2D eigenvalue weighted by atomic mass is 10.4. The second kappa shape index (κ2) is 6.94. The van der Waals surface area contributed by atoms with Gasteiger partial charge < -0.3 is 0 Å². The zero-order valence-electron chi connectivity index (χ0n) is 8.71. The first-order valence-electron chi connectivity index (χ1n) is 4.97. The van der Waals surface area contributed by atoms with Gasteiger partial charge in [-0.15, -0.1) is 11.8 Å². The second-order valence-corrected chi connectivity index (χ2v) is 6.87. The van der Waals surface area contributed by atoms with E-state index in [1.807, 2.05) is 39.4 Å². The molecule has 2 aromatic carbocycles. The van der Waals surface area contributed by atoms with E-state index >= 15 is 0 Å². The molecular weight excluding hydrogens is 252 g/mol. The normalized spacial score (nSPS) is 10.2. The van der Waals surface area contributed by atoms with Gasteiger partial charge >= 0.3 is 0 Å². The molecular formula is C13H12S3. The molecule has 0 N–H and O–H groups in total. The third kappa shape index (κ3) is 4.16. The molecule has 0 heterocycles. The molecule has 0 radical (unpaired) electrons. The predicted molar refractivity (Wildman–Crippen MR) is 77.1 cm³/mol. The highest BCUT2D eigenvalue weighted by Crippen LogP contribution is 2.35. The largest absolute Gasteiger partial charge is 0.114 e. The van der Waals surface area contributed by atoms with Gasteiger partial charge in [0, 0.05) is 9.79 Å². The van der Waals surface area contributed by atoms with E-state index in [9.17, 15) is 0 Å². The Labute approximate surface area is 109 Å². The predicted octanol–water partition coefficient (Wildman–Crippen LogP) is 5.18. The van der Waals surface area contributed by atoms with E-state index in [4.69, 9.17) is 0 Å². The third-order valence-corrected chi connectivity index (χ3v) is 5.76. The molecule has 2 rings (SSSR count). The van der Waals surface area contributed by atoms with Crippen LogP contribution in [0, 0.1) is 0 Å². The van der Waals surface area contributed by atoms with E-state index < -0.39 is 0 Å². The van der Waals surface area contributed by atoms with Gasteiger partial charge in [-0.3, -0.25) is 0 Å². The topological polar surface area (TPSA) is 0 Å². The minimum Gasteiger partial charge on any atom is -0.114 e. The number of hydrogen-bond acceptors (Lipinski definition) is 3. The number of thioether (sulfide) groups is 1. The highest BCUT2D eigenvalue weighted by Gasteiger charge is 1.95. The molecule has 0 nitrogen and oxygen atoms in total. The van der Waals surface area contributed by atoms with Gasteiger partial charge in [0.1, 0.15) is 0 Å². The minimum absolute atomic E-state index is 1.07. The molecule has 0 spiro atoms. The smallest absolute Gasteiger partial charge is 0.0546 e. The summed E-state index contributed by atoms with van der Waals surface area (Å²) in [6.45, 7) is 0. The van der Waals surface area contributed by atoms with Crippen LogP contribution in [0.4, 0.5) is 0 Å². The number of hydrogen-bond donors (Lipinski definition) is 0. The molecule has 3 heteroatoms. The summed E-state index contributed by atoms with van der Waals surface area (Å²) in [7, 11) is 3.72. The SMILES string of the molecule is c1ccc(SCSSc2ccccc2)cc1. The van der Waals surface area contributed by atoms with Gasteiger partial charge in [0.05, 0.1) is 5.08 Å². The molecule has 0 unspecified atom stereocenters. The van der Waals surface area contributed by atoms with Gasteiger partial charge in [0.15, 0.2) is 0 Å². The van der Waals surface area contributed by atoms with Crippen molar-refractivity contribution in [3.8, 4) is 0 Å². The van der Waals surface area contributed by atoms with Gasteiger partial charge in [-0.1, -0.05) is 58.0 Å². The third-order valence-electron chi connectivity index (χ3n) is 1.92. The molecule has 0 aromatic heterocycles. The molecule has 0 saturated carbocycles. The van der Waals surface area contributed by atoms with E-state index in [0.717, 1.165) is 5.08 Å². The number of rotatable bonds is 5. The van der Waals surface area contributed by atoms with Gasteiger partial charge in [-0.05, 0) is 24.3 Å². The fourth-order valence-corrected chi connectivity index (χ4v) is 4.47. The summed E-state index contributed by atoms with van der Waals surface area (Å²) >= 11 is 1.88. The van der Waals surface area contributed by atoms with Gasteiger partial charge in [-0.25, -0.2) is 0 Å². The maximum absolute atomic E-state index is 2.15. The zero-order valence-corrected chi connectivity index (χ0v) is 11.2. The Hall–Kier alpha value is -0.510. The highest BCUT2D eigenvalue weighted by molar-refractivity contribution is 8.78. The Kier molecular flexibility index (Phi) is 5.19. The first kappa shape index (κ1) is 12.0. The molecule has 16 heavy (non-hydrogen) atoms. The van der Waals surface area contributed by atoms with Crippen molar-refractivity contribution >= 4 is 33.3 Å².